The van der Waals surface area contributed by atoms with Gasteiger partial charge in [0.05, 0.1) is 6.61 Å². The highest BCUT2D eigenvalue weighted by Crippen LogP contribution is 1.87. The fraction of sp³-hybridized carbons (Fsp3) is 0.778. The maximum Gasteiger partial charge on any atom is 0.327 e. The fourth-order valence-electron chi connectivity index (χ4n) is 1.07. The van der Waals surface area contributed by atoms with E-state index < -0.39 is 12.0 Å². The molecule has 0 aromatic carbocycles. The molecule has 6 heteroatoms. The molecule has 15 heavy (non-hydrogen) atoms. The Bertz CT molecular complexity index is 220. The van der Waals surface area contributed by atoms with Crippen LogP contribution < -0.4 is 10.6 Å². The Kier molecular flexibility index (Phi) is 6.64. The molecule has 1 amide bonds. The molecule has 0 bridgehead atoms. The molecule has 0 fully saturated rings. The molecule has 0 heterocycles. The first-order chi connectivity index (χ1) is 6.97. The summed E-state index contributed by atoms with van der Waals surface area (Å²) < 4.78 is 4.88. The Morgan fingerprint density at radius 3 is 2.47 bits per heavy atom. The summed E-state index contributed by atoms with van der Waals surface area (Å²) >= 11 is 0. The molecule has 0 rings (SSSR count). The first-order valence-corrected chi connectivity index (χ1v) is 4.69. The van der Waals surface area contributed by atoms with Crippen LogP contribution in [0.3, 0.4) is 0 Å². The molecule has 0 radical (unpaired) electrons. The van der Waals surface area contributed by atoms with E-state index in [2.05, 4.69) is 10.6 Å². The van der Waals surface area contributed by atoms with Crippen molar-refractivity contribution in [2.75, 3.05) is 20.3 Å². The van der Waals surface area contributed by atoms with Gasteiger partial charge in [-0.2, -0.15) is 0 Å². The largest absolute Gasteiger partial charge is 0.480 e. The maximum absolute atomic E-state index is 10.7. The van der Waals surface area contributed by atoms with Crippen molar-refractivity contribution in [3.8, 4) is 0 Å². The lowest BCUT2D eigenvalue weighted by molar-refractivity contribution is -0.141. The van der Waals surface area contributed by atoms with E-state index in [9.17, 15) is 9.59 Å². The summed E-state index contributed by atoms with van der Waals surface area (Å²) in [5.41, 5.74) is 0. The molecule has 6 nitrogen and oxygen atoms in total. The van der Waals surface area contributed by atoms with Gasteiger partial charge in [-0.15, -0.1) is 0 Å². The Balaban J connectivity index is 3.96. The molecule has 0 aromatic heterocycles. The number of nitrogens with one attached hydrogen (secondary N) is 2. The van der Waals surface area contributed by atoms with E-state index in [1.807, 2.05) is 6.92 Å². The number of aliphatic carboxylic acids is 1. The van der Waals surface area contributed by atoms with Crippen molar-refractivity contribution in [2.24, 2.45) is 0 Å². The van der Waals surface area contributed by atoms with Gasteiger partial charge in [-0.3, -0.25) is 4.79 Å². The number of methoxy groups -OCH3 is 1. The van der Waals surface area contributed by atoms with Gasteiger partial charge in [0.15, 0.2) is 0 Å². The van der Waals surface area contributed by atoms with Gasteiger partial charge in [0.25, 0.3) is 0 Å². The lowest BCUT2D eigenvalue weighted by atomic mass is 10.2. The van der Waals surface area contributed by atoms with Crippen molar-refractivity contribution >= 4 is 11.9 Å². The van der Waals surface area contributed by atoms with Crippen LogP contribution in [0, 0.1) is 0 Å². The molecule has 88 valence electrons. The van der Waals surface area contributed by atoms with Crippen LogP contribution in [0.25, 0.3) is 0 Å². The number of carboxylic acids is 1. The molecular weight excluding hydrogens is 200 g/mol. The highest BCUT2D eigenvalue weighted by atomic mass is 16.5. The van der Waals surface area contributed by atoms with Gasteiger partial charge in [0.2, 0.25) is 5.91 Å². The van der Waals surface area contributed by atoms with Crippen LogP contribution in [-0.2, 0) is 14.3 Å². The molecule has 2 atom stereocenters. The minimum Gasteiger partial charge on any atom is -0.480 e. The molecule has 0 saturated heterocycles. The molecule has 0 aliphatic heterocycles. The summed E-state index contributed by atoms with van der Waals surface area (Å²) in [4.78, 5) is 21.4. The number of rotatable bonds is 7. The summed E-state index contributed by atoms with van der Waals surface area (Å²) in [5, 5.41) is 14.1. The third-order valence-electron chi connectivity index (χ3n) is 1.76. The lowest BCUT2D eigenvalue weighted by Crippen LogP contribution is -2.48. The molecular formula is C9H18N2O4. The van der Waals surface area contributed by atoms with E-state index in [0.29, 0.717) is 6.61 Å². The van der Waals surface area contributed by atoms with Crippen molar-refractivity contribution in [1.29, 1.82) is 0 Å². The van der Waals surface area contributed by atoms with Gasteiger partial charge in [0.1, 0.15) is 6.04 Å². The molecule has 0 aliphatic carbocycles. The van der Waals surface area contributed by atoms with Gasteiger partial charge in [0, 0.05) is 26.6 Å². The van der Waals surface area contributed by atoms with Gasteiger partial charge >= 0.3 is 5.97 Å². The number of amides is 1. The van der Waals surface area contributed by atoms with Gasteiger partial charge in [-0.1, -0.05) is 0 Å². The second-order valence-corrected chi connectivity index (χ2v) is 3.36. The Hall–Kier alpha value is -1.14. The topological polar surface area (TPSA) is 87.7 Å². The minimum absolute atomic E-state index is 0.0469. The smallest absolute Gasteiger partial charge is 0.327 e. The number of carbonyl (C=O) groups excluding carboxylic acids is 1. The molecule has 0 saturated carbocycles. The van der Waals surface area contributed by atoms with E-state index in [-0.39, 0.29) is 18.5 Å². The van der Waals surface area contributed by atoms with Crippen LogP contribution >= 0.6 is 0 Å². The maximum atomic E-state index is 10.7. The predicted molar refractivity (Wildman–Crippen MR) is 54.6 cm³/mol. The summed E-state index contributed by atoms with van der Waals surface area (Å²) in [6.45, 7) is 3.83. The zero-order chi connectivity index (χ0) is 11.8. The van der Waals surface area contributed by atoms with Crippen molar-refractivity contribution in [2.45, 2.75) is 25.9 Å². The number of carboxylic acid groups (broad SMARTS) is 1. The lowest BCUT2D eigenvalue weighted by Gasteiger charge is -2.17. The Morgan fingerprint density at radius 2 is 2.07 bits per heavy atom. The van der Waals surface area contributed by atoms with Crippen LogP contribution in [0.4, 0.5) is 0 Å². The third-order valence-corrected chi connectivity index (χ3v) is 1.76. The van der Waals surface area contributed by atoms with Gasteiger partial charge in [-0.25, -0.2) is 4.79 Å². The Labute approximate surface area is 89.0 Å². The number of ether oxygens (including phenoxy) is 1. The van der Waals surface area contributed by atoms with Crippen LogP contribution in [-0.4, -0.2) is 49.3 Å². The fourth-order valence-corrected chi connectivity index (χ4v) is 1.07. The molecule has 0 aromatic rings. The van der Waals surface area contributed by atoms with Crippen molar-refractivity contribution in [1.82, 2.24) is 10.6 Å². The van der Waals surface area contributed by atoms with E-state index in [0.717, 1.165) is 0 Å². The summed E-state index contributed by atoms with van der Waals surface area (Å²) in [7, 11) is 1.57. The molecule has 3 N–H and O–H groups in total. The first kappa shape index (κ1) is 13.9. The standard InChI is InChI=1S/C9H18N2O4/c1-6(5-15-3)10-4-8(9(13)14)11-7(2)12/h6,8,10H,4-5H2,1-3H3,(H,11,12)(H,13,14). The van der Waals surface area contributed by atoms with Crippen molar-refractivity contribution in [3.63, 3.8) is 0 Å². The summed E-state index contributed by atoms with van der Waals surface area (Å²) in [6.07, 6.45) is 0. The second-order valence-electron chi connectivity index (χ2n) is 3.36. The van der Waals surface area contributed by atoms with E-state index in [1.54, 1.807) is 7.11 Å². The average molecular weight is 218 g/mol. The molecule has 0 spiro atoms. The summed E-state index contributed by atoms with van der Waals surface area (Å²) in [5.74, 6) is -1.41. The van der Waals surface area contributed by atoms with E-state index >= 15 is 0 Å². The Morgan fingerprint density at radius 1 is 1.47 bits per heavy atom. The van der Waals surface area contributed by atoms with Crippen LogP contribution in [0.2, 0.25) is 0 Å². The second kappa shape index (κ2) is 7.19. The van der Waals surface area contributed by atoms with Gasteiger partial charge < -0.3 is 20.5 Å². The SMILES string of the molecule is COCC(C)NCC(NC(C)=O)C(=O)O. The highest BCUT2D eigenvalue weighted by Gasteiger charge is 2.18. The molecule has 0 aliphatic rings. The van der Waals surface area contributed by atoms with E-state index in [4.69, 9.17) is 9.84 Å². The van der Waals surface area contributed by atoms with E-state index in [1.165, 1.54) is 6.92 Å². The number of carbonyl (C=O) groups is 2. The average Bonchev–Trinajstić information content (AvgIpc) is 2.11. The molecule has 2 unspecified atom stereocenters. The quantitative estimate of drug-likeness (QED) is 0.520. The number of hydrogen-bond acceptors (Lipinski definition) is 4. The zero-order valence-corrected chi connectivity index (χ0v) is 9.24. The van der Waals surface area contributed by atoms with Gasteiger partial charge in [-0.05, 0) is 6.92 Å². The normalized spacial score (nSPS) is 14.3. The van der Waals surface area contributed by atoms with Crippen LogP contribution in [0.1, 0.15) is 13.8 Å². The van der Waals surface area contributed by atoms with Crippen LogP contribution in [0.5, 0.6) is 0 Å². The number of hydrogen-bond donors (Lipinski definition) is 3. The van der Waals surface area contributed by atoms with Crippen molar-refractivity contribution in [3.05, 3.63) is 0 Å². The third kappa shape index (κ3) is 6.87. The monoisotopic (exact) mass is 218 g/mol. The predicted octanol–water partition coefficient (Wildman–Crippen LogP) is -0.800. The highest BCUT2D eigenvalue weighted by molar-refractivity contribution is 5.82. The minimum atomic E-state index is -1.05. The first-order valence-electron chi connectivity index (χ1n) is 4.69. The van der Waals surface area contributed by atoms with Crippen molar-refractivity contribution < 1.29 is 19.4 Å². The summed E-state index contributed by atoms with van der Waals surface area (Å²) in [6, 6.07) is -0.854. The zero-order valence-electron chi connectivity index (χ0n) is 9.24. The van der Waals surface area contributed by atoms with Crippen LogP contribution in [0.15, 0.2) is 0 Å².